The molecular weight excluding hydrogens is 369 g/mol. The molecule has 0 aliphatic rings. The van der Waals surface area contributed by atoms with Gasteiger partial charge >= 0.3 is 5.97 Å². The number of halogens is 1. The molecule has 0 fully saturated rings. The Morgan fingerprint density at radius 1 is 1.15 bits per heavy atom. The summed E-state index contributed by atoms with van der Waals surface area (Å²) in [6.45, 7) is 2.42. The predicted molar refractivity (Wildman–Crippen MR) is 101 cm³/mol. The molecular formula is C20H18FNO4S. The Morgan fingerprint density at radius 3 is 2.63 bits per heavy atom. The normalized spacial score (nSPS) is 10.5. The predicted octanol–water partition coefficient (Wildman–Crippen LogP) is 4.71. The number of carbonyl (C=O) groups is 1. The molecule has 0 radical (unpaired) electrons. The van der Waals surface area contributed by atoms with Crippen molar-refractivity contribution in [1.82, 2.24) is 4.98 Å². The molecule has 0 aliphatic carbocycles. The average molecular weight is 387 g/mol. The lowest BCUT2D eigenvalue weighted by molar-refractivity contribution is 0.0468. The van der Waals surface area contributed by atoms with E-state index in [0.717, 1.165) is 10.6 Å². The van der Waals surface area contributed by atoms with Crippen LogP contribution in [0.5, 0.6) is 11.5 Å². The minimum Gasteiger partial charge on any atom is -0.493 e. The summed E-state index contributed by atoms with van der Waals surface area (Å²) in [6.07, 6.45) is 0. The molecule has 3 rings (SSSR count). The first-order valence-electron chi connectivity index (χ1n) is 8.29. The third kappa shape index (κ3) is 4.62. The van der Waals surface area contributed by atoms with Gasteiger partial charge in [0.25, 0.3) is 0 Å². The van der Waals surface area contributed by atoms with Crippen molar-refractivity contribution < 1.29 is 23.4 Å². The van der Waals surface area contributed by atoms with Crippen LogP contribution in [0.15, 0.2) is 47.8 Å². The summed E-state index contributed by atoms with van der Waals surface area (Å²) < 4.78 is 29.0. The summed E-state index contributed by atoms with van der Waals surface area (Å²) in [5, 5.41) is 2.55. The van der Waals surface area contributed by atoms with Crippen molar-refractivity contribution in [2.24, 2.45) is 0 Å². The zero-order valence-electron chi connectivity index (χ0n) is 14.9. The molecule has 2 aromatic carbocycles. The fourth-order valence-corrected chi connectivity index (χ4v) is 3.20. The Labute approximate surface area is 160 Å². The molecule has 0 saturated carbocycles. The molecule has 27 heavy (non-hydrogen) atoms. The van der Waals surface area contributed by atoms with Crippen LogP contribution in [0.2, 0.25) is 0 Å². The highest BCUT2D eigenvalue weighted by molar-refractivity contribution is 7.13. The largest absolute Gasteiger partial charge is 0.493 e. The average Bonchev–Trinajstić information content (AvgIpc) is 3.16. The number of thiazole rings is 1. The van der Waals surface area contributed by atoms with Gasteiger partial charge < -0.3 is 14.2 Å². The van der Waals surface area contributed by atoms with Crippen LogP contribution in [0.25, 0.3) is 10.6 Å². The second kappa shape index (κ2) is 8.64. The Bertz CT molecular complexity index is 924. The maximum Gasteiger partial charge on any atom is 0.338 e. The van der Waals surface area contributed by atoms with Gasteiger partial charge in [-0.3, -0.25) is 0 Å². The number of aromatic nitrogens is 1. The maximum absolute atomic E-state index is 13.0. The van der Waals surface area contributed by atoms with Crippen LogP contribution in [0, 0.1) is 5.82 Å². The number of ether oxygens (including phenoxy) is 3. The minimum absolute atomic E-state index is 0.0477. The number of nitrogens with zero attached hydrogens (tertiary/aromatic N) is 1. The van der Waals surface area contributed by atoms with Crippen molar-refractivity contribution in [2.75, 3.05) is 13.7 Å². The number of hydrogen-bond acceptors (Lipinski definition) is 6. The van der Waals surface area contributed by atoms with Crippen molar-refractivity contribution in [3.8, 4) is 22.1 Å². The summed E-state index contributed by atoms with van der Waals surface area (Å²) in [6, 6.07) is 11.0. The van der Waals surface area contributed by atoms with Crippen molar-refractivity contribution in [3.05, 3.63) is 64.9 Å². The van der Waals surface area contributed by atoms with Gasteiger partial charge in [0.2, 0.25) is 0 Å². The van der Waals surface area contributed by atoms with Crippen molar-refractivity contribution in [1.29, 1.82) is 0 Å². The highest BCUT2D eigenvalue weighted by atomic mass is 32.1. The summed E-state index contributed by atoms with van der Waals surface area (Å²) >= 11 is 1.41. The van der Waals surface area contributed by atoms with Crippen LogP contribution >= 0.6 is 11.3 Å². The first kappa shape index (κ1) is 18.8. The van der Waals surface area contributed by atoms with Crippen LogP contribution < -0.4 is 9.47 Å². The van der Waals surface area contributed by atoms with Crippen LogP contribution in [-0.2, 0) is 11.3 Å². The van der Waals surface area contributed by atoms with Gasteiger partial charge in [0.05, 0.1) is 25.0 Å². The van der Waals surface area contributed by atoms with Crippen molar-refractivity contribution >= 4 is 17.3 Å². The first-order valence-corrected chi connectivity index (χ1v) is 9.17. The van der Waals surface area contributed by atoms with Gasteiger partial charge in [-0.2, -0.15) is 0 Å². The second-order valence-electron chi connectivity index (χ2n) is 5.53. The fourth-order valence-electron chi connectivity index (χ4n) is 2.39. The summed E-state index contributed by atoms with van der Waals surface area (Å²) in [7, 11) is 1.51. The Hall–Kier alpha value is -2.93. The summed E-state index contributed by atoms with van der Waals surface area (Å²) in [4.78, 5) is 16.7. The highest BCUT2D eigenvalue weighted by Crippen LogP contribution is 2.29. The molecule has 0 saturated heterocycles. The Balaban J connectivity index is 1.65. The Kier molecular flexibility index (Phi) is 6.03. The zero-order valence-corrected chi connectivity index (χ0v) is 15.7. The lowest BCUT2D eigenvalue weighted by atomic mass is 10.2. The maximum atomic E-state index is 13.0. The van der Waals surface area contributed by atoms with Crippen molar-refractivity contribution in [3.63, 3.8) is 0 Å². The number of rotatable bonds is 7. The molecule has 3 aromatic rings. The topological polar surface area (TPSA) is 57.7 Å². The van der Waals surface area contributed by atoms with E-state index >= 15 is 0 Å². The van der Waals surface area contributed by atoms with Gasteiger partial charge in [-0.25, -0.2) is 14.2 Å². The molecule has 0 atom stereocenters. The fraction of sp³-hybridized carbons (Fsp3) is 0.200. The molecule has 1 aromatic heterocycles. The number of esters is 1. The third-order valence-corrected chi connectivity index (χ3v) is 4.63. The molecule has 0 aliphatic heterocycles. The van der Waals surface area contributed by atoms with E-state index in [1.165, 1.54) is 30.6 Å². The lowest BCUT2D eigenvalue weighted by Crippen LogP contribution is -2.06. The van der Waals surface area contributed by atoms with Gasteiger partial charge in [-0.05, 0) is 49.4 Å². The van der Waals surface area contributed by atoms with Gasteiger partial charge in [0.1, 0.15) is 17.4 Å². The molecule has 0 amide bonds. The molecule has 1 heterocycles. The van der Waals surface area contributed by atoms with E-state index in [1.807, 2.05) is 12.3 Å². The molecule has 0 unspecified atom stereocenters. The molecule has 0 N–H and O–H groups in total. The minimum atomic E-state index is -0.479. The zero-order chi connectivity index (χ0) is 19.2. The third-order valence-electron chi connectivity index (χ3n) is 3.69. The van der Waals surface area contributed by atoms with Crippen molar-refractivity contribution in [2.45, 2.75) is 13.5 Å². The van der Waals surface area contributed by atoms with Crippen LogP contribution in [0.3, 0.4) is 0 Å². The molecule has 0 spiro atoms. The molecule has 140 valence electrons. The number of hydrogen-bond donors (Lipinski definition) is 0. The quantitative estimate of drug-likeness (QED) is 0.550. The standard InChI is InChI=1S/C20H18FNO4S/c1-3-25-17-9-6-14(10-18(17)24-2)20(23)26-11-16-12-27-19(22-16)13-4-7-15(21)8-5-13/h4-10,12H,3,11H2,1-2H3. The highest BCUT2D eigenvalue weighted by Gasteiger charge is 2.13. The van der Waals surface area contributed by atoms with E-state index in [1.54, 1.807) is 30.3 Å². The van der Waals surface area contributed by atoms with Gasteiger partial charge in [0, 0.05) is 10.9 Å². The summed E-state index contributed by atoms with van der Waals surface area (Å²) in [5.74, 6) is 0.265. The van der Waals surface area contributed by atoms with Crippen LogP contribution in [0.1, 0.15) is 23.0 Å². The van der Waals surface area contributed by atoms with E-state index < -0.39 is 5.97 Å². The van der Waals surface area contributed by atoms with E-state index in [9.17, 15) is 9.18 Å². The smallest absolute Gasteiger partial charge is 0.338 e. The van der Waals surface area contributed by atoms with E-state index in [0.29, 0.717) is 29.4 Å². The monoisotopic (exact) mass is 387 g/mol. The molecule has 0 bridgehead atoms. The molecule has 5 nitrogen and oxygen atoms in total. The van der Waals surface area contributed by atoms with Gasteiger partial charge in [-0.15, -0.1) is 11.3 Å². The lowest BCUT2D eigenvalue weighted by Gasteiger charge is -2.10. The first-order chi connectivity index (χ1) is 13.1. The number of methoxy groups -OCH3 is 1. The van der Waals surface area contributed by atoms with Gasteiger partial charge in [0.15, 0.2) is 11.5 Å². The summed E-state index contributed by atoms with van der Waals surface area (Å²) in [5.41, 5.74) is 1.81. The van der Waals surface area contributed by atoms with E-state index in [4.69, 9.17) is 14.2 Å². The van der Waals surface area contributed by atoms with E-state index in [-0.39, 0.29) is 12.4 Å². The number of benzene rings is 2. The Morgan fingerprint density at radius 2 is 1.93 bits per heavy atom. The van der Waals surface area contributed by atoms with Crippen LogP contribution in [0.4, 0.5) is 4.39 Å². The molecule has 7 heteroatoms. The van der Waals surface area contributed by atoms with E-state index in [2.05, 4.69) is 4.98 Å². The van der Waals surface area contributed by atoms with Gasteiger partial charge in [-0.1, -0.05) is 0 Å². The van der Waals surface area contributed by atoms with Crippen LogP contribution in [-0.4, -0.2) is 24.7 Å². The SMILES string of the molecule is CCOc1ccc(C(=O)OCc2csc(-c3ccc(F)cc3)n2)cc1OC. The second-order valence-corrected chi connectivity index (χ2v) is 6.38. The number of carbonyl (C=O) groups excluding carboxylic acids is 1.